The van der Waals surface area contributed by atoms with Crippen molar-refractivity contribution >= 4 is 5.69 Å². The molecular weight excluding hydrogens is 176 g/mol. The molecule has 0 amide bonds. The minimum atomic E-state index is 1.04. The number of hydrogen-bond donors (Lipinski definition) is 1. The molecule has 0 saturated carbocycles. The van der Waals surface area contributed by atoms with Gasteiger partial charge in [0.25, 0.3) is 0 Å². The van der Waals surface area contributed by atoms with Crippen LogP contribution < -0.4 is 5.32 Å². The van der Waals surface area contributed by atoms with Crippen molar-refractivity contribution in [3.8, 4) is 5.69 Å². The van der Waals surface area contributed by atoms with Crippen LogP contribution in [0.1, 0.15) is 5.56 Å². The van der Waals surface area contributed by atoms with Crippen molar-refractivity contribution in [2.75, 3.05) is 11.9 Å². The smallest absolute Gasteiger partial charge is 0.123 e. The summed E-state index contributed by atoms with van der Waals surface area (Å²) < 4.78 is 1.90. The maximum Gasteiger partial charge on any atom is 0.123 e. The first kappa shape index (κ1) is 7.55. The molecule has 1 aromatic carbocycles. The van der Waals surface area contributed by atoms with Gasteiger partial charge in [-0.1, -0.05) is 6.07 Å². The third kappa shape index (κ3) is 1.08. The van der Waals surface area contributed by atoms with E-state index in [4.69, 9.17) is 0 Å². The molecule has 0 unspecified atom stereocenters. The largest absolute Gasteiger partial charge is 0.384 e. The molecule has 0 bridgehead atoms. The van der Waals surface area contributed by atoms with Crippen LogP contribution in [0.25, 0.3) is 5.69 Å². The molecular formula is C10H10N4. The molecule has 1 N–H and O–H groups in total. The molecule has 3 rings (SSSR count). The summed E-state index contributed by atoms with van der Waals surface area (Å²) in [6.45, 7) is 1.04. The SMILES string of the molecule is c1cc2c(cc1-n1cnnc1)NCC2. The first-order chi connectivity index (χ1) is 6.93. The maximum atomic E-state index is 3.78. The molecule has 2 aromatic rings. The summed E-state index contributed by atoms with van der Waals surface area (Å²) in [4.78, 5) is 0. The number of nitrogens with zero attached hydrogens (tertiary/aromatic N) is 3. The molecule has 0 radical (unpaired) electrons. The highest BCUT2D eigenvalue weighted by atomic mass is 15.2. The zero-order valence-corrected chi connectivity index (χ0v) is 7.64. The predicted octanol–water partition coefficient (Wildman–Crippen LogP) is 1.24. The normalized spacial score (nSPS) is 13.7. The van der Waals surface area contributed by atoms with Crippen molar-refractivity contribution in [3.63, 3.8) is 0 Å². The second-order valence-electron chi connectivity index (χ2n) is 3.39. The summed E-state index contributed by atoms with van der Waals surface area (Å²) in [5, 5.41) is 10.9. The molecule has 0 aliphatic carbocycles. The second kappa shape index (κ2) is 2.83. The van der Waals surface area contributed by atoms with Gasteiger partial charge < -0.3 is 5.32 Å². The molecule has 0 fully saturated rings. The van der Waals surface area contributed by atoms with Crippen LogP contribution in [0.2, 0.25) is 0 Å². The Bertz CT molecular complexity index is 447. The lowest BCUT2D eigenvalue weighted by atomic mass is 10.1. The summed E-state index contributed by atoms with van der Waals surface area (Å²) in [7, 11) is 0. The minimum absolute atomic E-state index is 1.04. The van der Waals surface area contributed by atoms with Crippen molar-refractivity contribution in [2.45, 2.75) is 6.42 Å². The molecule has 2 heterocycles. The fourth-order valence-electron chi connectivity index (χ4n) is 1.77. The van der Waals surface area contributed by atoms with Gasteiger partial charge in [-0.2, -0.15) is 0 Å². The van der Waals surface area contributed by atoms with E-state index in [1.807, 2.05) is 4.57 Å². The van der Waals surface area contributed by atoms with Gasteiger partial charge in [-0.3, -0.25) is 4.57 Å². The van der Waals surface area contributed by atoms with Gasteiger partial charge in [-0.15, -0.1) is 10.2 Å². The van der Waals surface area contributed by atoms with Crippen LogP contribution in [0.3, 0.4) is 0 Å². The minimum Gasteiger partial charge on any atom is -0.384 e. The Morgan fingerprint density at radius 3 is 2.93 bits per heavy atom. The molecule has 1 aromatic heterocycles. The average molecular weight is 186 g/mol. The molecule has 0 spiro atoms. The van der Waals surface area contributed by atoms with Crippen molar-refractivity contribution in [1.82, 2.24) is 14.8 Å². The lowest BCUT2D eigenvalue weighted by Gasteiger charge is -2.04. The zero-order chi connectivity index (χ0) is 9.38. The van der Waals surface area contributed by atoms with E-state index in [9.17, 15) is 0 Å². The van der Waals surface area contributed by atoms with Gasteiger partial charge in [0.15, 0.2) is 0 Å². The van der Waals surface area contributed by atoms with E-state index in [0.29, 0.717) is 0 Å². The van der Waals surface area contributed by atoms with E-state index < -0.39 is 0 Å². The lowest BCUT2D eigenvalue weighted by molar-refractivity contribution is 1.05. The molecule has 0 saturated heterocycles. The summed E-state index contributed by atoms with van der Waals surface area (Å²) in [5.74, 6) is 0. The Labute approximate surface area is 81.6 Å². The highest BCUT2D eigenvalue weighted by Crippen LogP contribution is 2.24. The monoisotopic (exact) mass is 186 g/mol. The third-order valence-corrected chi connectivity index (χ3v) is 2.52. The van der Waals surface area contributed by atoms with E-state index in [1.165, 1.54) is 11.3 Å². The average Bonchev–Trinajstić information content (AvgIpc) is 2.88. The Morgan fingerprint density at radius 1 is 1.21 bits per heavy atom. The van der Waals surface area contributed by atoms with Gasteiger partial charge in [0.05, 0.1) is 5.69 Å². The molecule has 1 aliphatic rings. The van der Waals surface area contributed by atoms with Crippen LogP contribution in [0, 0.1) is 0 Å². The molecule has 70 valence electrons. The standard InChI is InChI=1S/C10H10N4/c1-2-9(14-6-12-13-7-14)5-10-8(1)3-4-11-10/h1-2,5-7,11H,3-4H2. The van der Waals surface area contributed by atoms with Crippen molar-refractivity contribution < 1.29 is 0 Å². The van der Waals surface area contributed by atoms with Crippen LogP contribution in [-0.2, 0) is 6.42 Å². The third-order valence-electron chi connectivity index (χ3n) is 2.52. The van der Waals surface area contributed by atoms with Crippen LogP contribution >= 0.6 is 0 Å². The molecule has 4 heteroatoms. The quantitative estimate of drug-likeness (QED) is 0.728. The van der Waals surface area contributed by atoms with Crippen LogP contribution in [-0.4, -0.2) is 21.3 Å². The fraction of sp³-hybridized carbons (Fsp3) is 0.200. The van der Waals surface area contributed by atoms with Crippen molar-refractivity contribution in [3.05, 3.63) is 36.4 Å². The van der Waals surface area contributed by atoms with Crippen molar-refractivity contribution in [1.29, 1.82) is 0 Å². The summed E-state index contributed by atoms with van der Waals surface area (Å²) in [6, 6.07) is 6.38. The molecule has 1 aliphatic heterocycles. The van der Waals surface area contributed by atoms with Crippen molar-refractivity contribution in [2.24, 2.45) is 0 Å². The van der Waals surface area contributed by atoms with Crippen LogP contribution in [0.15, 0.2) is 30.9 Å². The Balaban J connectivity index is 2.09. The van der Waals surface area contributed by atoms with E-state index in [2.05, 4.69) is 33.7 Å². The fourth-order valence-corrected chi connectivity index (χ4v) is 1.77. The highest BCUT2D eigenvalue weighted by Gasteiger charge is 2.10. The Hall–Kier alpha value is -1.84. The number of anilines is 1. The van der Waals surface area contributed by atoms with Gasteiger partial charge in [0, 0.05) is 12.2 Å². The second-order valence-corrected chi connectivity index (χ2v) is 3.39. The number of benzene rings is 1. The number of nitrogens with one attached hydrogen (secondary N) is 1. The molecule has 4 nitrogen and oxygen atoms in total. The molecule has 14 heavy (non-hydrogen) atoms. The van der Waals surface area contributed by atoms with E-state index in [0.717, 1.165) is 18.7 Å². The maximum absolute atomic E-state index is 3.78. The van der Waals surface area contributed by atoms with Crippen LogP contribution in [0.4, 0.5) is 5.69 Å². The molecule has 0 atom stereocenters. The summed E-state index contributed by atoms with van der Waals surface area (Å²) >= 11 is 0. The summed E-state index contributed by atoms with van der Waals surface area (Å²) in [6.07, 6.45) is 4.53. The zero-order valence-electron chi connectivity index (χ0n) is 7.64. The number of fused-ring (bicyclic) bond motifs is 1. The predicted molar refractivity (Wildman–Crippen MR) is 53.6 cm³/mol. The van der Waals surface area contributed by atoms with Gasteiger partial charge in [-0.25, -0.2) is 0 Å². The van der Waals surface area contributed by atoms with Gasteiger partial charge >= 0.3 is 0 Å². The Morgan fingerprint density at radius 2 is 2.07 bits per heavy atom. The highest BCUT2D eigenvalue weighted by molar-refractivity contribution is 5.60. The van der Waals surface area contributed by atoms with Gasteiger partial charge in [-0.05, 0) is 24.1 Å². The van der Waals surface area contributed by atoms with Gasteiger partial charge in [0.1, 0.15) is 12.7 Å². The first-order valence-electron chi connectivity index (χ1n) is 4.65. The van der Waals surface area contributed by atoms with Gasteiger partial charge in [0.2, 0.25) is 0 Å². The van der Waals surface area contributed by atoms with E-state index in [1.54, 1.807) is 12.7 Å². The summed E-state index contributed by atoms with van der Waals surface area (Å²) in [5.41, 5.74) is 3.72. The topological polar surface area (TPSA) is 42.7 Å². The Kier molecular flexibility index (Phi) is 1.53. The van der Waals surface area contributed by atoms with Crippen LogP contribution in [0.5, 0.6) is 0 Å². The van der Waals surface area contributed by atoms with E-state index in [-0.39, 0.29) is 0 Å². The first-order valence-corrected chi connectivity index (χ1v) is 4.65. The number of hydrogen-bond acceptors (Lipinski definition) is 3. The number of rotatable bonds is 1. The van der Waals surface area contributed by atoms with E-state index >= 15 is 0 Å². The lowest BCUT2D eigenvalue weighted by Crippen LogP contribution is -1.93. The number of aromatic nitrogens is 3.